The standard InChI is InChI=1S/C33H51NO8/c1-7-39-31(37)10-8-9-25(35)18-26-19-33(20-40-33)32(38)29(42-26)15-13-22(4)12-14-28-23(5)17-27(24(6)41-28)34-30(36)16-11-21(2)3/h11-13,15-16,21,23-24,26-29,32,38H,7-10,14,17-20H2,1-6H3,(H,34,36)/b15-13+,16-11-,22-12+/t23-,24-,26-,27-,28+,29-,32-,33-/m1/s1. The van der Waals surface area contributed by atoms with E-state index >= 15 is 0 Å². The van der Waals surface area contributed by atoms with E-state index in [0.29, 0.717) is 38.4 Å². The summed E-state index contributed by atoms with van der Waals surface area (Å²) in [5.74, 6) is 0.259. The predicted molar refractivity (Wildman–Crippen MR) is 160 cm³/mol. The van der Waals surface area contributed by atoms with Crippen LogP contribution in [0.1, 0.15) is 86.5 Å². The summed E-state index contributed by atoms with van der Waals surface area (Å²) in [5, 5.41) is 14.0. The number of aliphatic hydroxyl groups is 1. The number of Topliss-reactive ketones (excluding diaryl/α,β-unsaturated/α-hetero) is 1. The first-order valence-corrected chi connectivity index (χ1v) is 15.6. The number of esters is 1. The maximum Gasteiger partial charge on any atom is 0.305 e. The first-order chi connectivity index (χ1) is 19.9. The van der Waals surface area contributed by atoms with Crippen LogP contribution in [0.15, 0.2) is 36.0 Å². The summed E-state index contributed by atoms with van der Waals surface area (Å²) < 4.78 is 23.0. The molecule has 9 heteroatoms. The van der Waals surface area contributed by atoms with E-state index in [1.807, 2.05) is 45.9 Å². The van der Waals surface area contributed by atoms with Crippen molar-refractivity contribution in [3.8, 4) is 0 Å². The van der Waals surface area contributed by atoms with Crippen LogP contribution in [-0.4, -0.2) is 78.1 Å². The Hall–Kier alpha value is -2.33. The van der Waals surface area contributed by atoms with Gasteiger partial charge in [-0.3, -0.25) is 14.4 Å². The van der Waals surface area contributed by atoms with Crippen LogP contribution in [0.25, 0.3) is 0 Å². The van der Waals surface area contributed by atoms with Crippen molar-refractivity contribution in [3.63, 3.8) is 0 Å². The third-order valence-corrected chi connectivity index (χ3v) is 8.28. The Balaban J connectivity index is 1.49. The molecule has 42 heavy (non-hydrogen) atoms. The average molecular weight is 590 g/mol. The molecular formula is C33H51NO8. The molecule has 0 aromatic carbocycles. The van der Waals surface area contributed by atoms with Crippen LogP contribution in [0.4, 0.5) is 0 Å². The van der Waals surface area contributed by atoms with E-state index in [9.17, 15) is 19.5 Å². The molecule has 0 aromatic rings. The van der Waals surface area contributed by atoms with Crippen molar-refractivity contribution >= 4 is 17.7 Å². The van der Waals surface area contributed by atoms with Gasteiger partial charge in [0.2, 0.25) is 5.91 Å². The summed E-state index contributed by atoms with van der Waals surface area (Å²) in [5.41, 5.74) is 0.366. The Bertz CT molecular complexity index is 1010. The average Bonchev–Trinajstić information content (AvgIpc) is 3.69. The van der Waals surface area contributed by atoms with Crippen LogP contribution in [0.5, 0.6) is 0 Å². The summed E-state index contributed by atoms with van der Waals surface area (Å²) in [6.07, 6.45) is 10.9. The molecular weight excluding hydrogens is 538 g/mol. The van der Waals surface area contributed by atoms with Gasteiger partial charge < -0.3 is 29.4 Å². The number of carbonyl (C=O) groups excluding carboxylic acids is 3. The molecule has 0 saturated carbocycles. The number of ether oxygens (including phenoxy) is 4. The van der Waals surface area contributed by atoms with E-state index < -0.39 is 17.8 Å². The third kappa shape index (κ3) is 10.4. The van der Waals surface area contributed by atoms with E-state index in [4.69, 9.17) is 18.9 Å². The number of rotatable bonds is 14. The molecule has 3 fully saturated rings. The Morgan fingerprint density at radius 2 is 1.88 bits per heavy atom. The third-order valence-electron chi connectivity index (χ3n) is 8.28. The van der Waals surface area contributed by atoms with Gasteiger partial charge in [0.15, 0.2) is 0 Å². The first-order valence-electron chi connectivity index (χ1n) is 15.6. The van der Waals surface area contributed by atoms with Gasteiger partial charge in [0.1, 0.15) is 23.6 Å². The van der Waals surface area contributed by atoms with Gasteiger partial charge in [-0.25, -0.2) is 0 Å². The zero-order valence-electron chi connectivity index (χ0n) is 26.2. The van der Waals surface area contributed by atoms with Crippen molar-refractivity contribution < 1.29 is 38.4 Å². The molecule has 3 rings (SSSR count). The van der Waals surface area contributed by atoms with Crippen LogP contribution < -0.4 is 5.32 Å². The predicted octanol–water partition coefficient (Wildman–Crippen LogP) is 4.37. The fourth-order valence-corrected chi connectivity index (χ4v) is 5.66. The molecule has 3 saturated heterocycles. The summed E-state index contributed by atoms with van der Waals surface area (Å²) in [6, 6.07) is -0.0233. The molecule has 0 aromatic heterocycles. The summed E-state index contributed by atoms with van der Waals surface area (Å²) in [6.45, 7) is 12.8. The maximum atomic E-state index is 12.5. The van der Waals surface area contributed by atoms with Crippen LogP contribution in [0.2, 0.25) is 0 Å². The number of carbonyl (C=O) groups is 3. The number of hydrogen-bond donors (Lipinski definition) is 2. The highest BCUT2D eigenvalue weighted by Crippen LogP contribution is 2.43. The Morgan fingerprint density at radius 3 is 2.55 bits per heavy atom. The van der Waals surface area contributed by atoms with Crippen molar-refractivity contribution in [1.82, 2.24) is 5.32 Å². The molecule has 3 aliphatic rings. The van der Waals surface area contributed by atoms with Crippen molar-refractivity contribution in [2.75, 3.05) is 13.2 Å². The zero-order valence-corrected chi connectivity index (χ0v) is 26.2. The minimum atomic E-state index is -0.804. The van der Waals surface area contributed by atoms with Crippen molar-refractivity contribution in [2.24, 2.45) is 11.8 Å². The minimum absolute atomic E-state index is 0.0233. The molecule has 3 heterocycles. The summed E-state index contributed by atoms with van der Waals surface area (Å²) in [4.78, 5) is 36.3. The maximum absolute atomic E-state index is 12.5. The smallest absolute Gasteiger partial charge is 0.305 e. The molecule has 2 N–H and O–H groups in total. The number of hydrogen-bond acceptors (Lipinski definition) is 8. The normalized spacial score (nSPS) is 33.4. The number of amides is 1. The molecule has 236 valence electrons. The van der Waals surface area contributed by atoms with Crippen LogP contribution in [0.3, 0.4) is 0 Å². The first kappa shape index (κ1) is 34.2. The van der Waals surface area contributed by atoms with E-state index in [-0.39, 0.29) is 60.8 Å². The number of ketones is 1. The Labute approximate surface area is 251 Å². The van der Waals surface area contributed by atoms with Crippen molar-refractivity contribution in [1.29, 1.82) is 0 Å². The molecule has 1 spiro atoms. The van der Waals surface area contributed by atoms with Crippen molar-refractivity contribution in [2.45, 2.75) is 129 Å². The van der Waals surface area contributed by atoms with E-state index in [1.165, 1.54) is 0 Å². The molecule has 1 amide bonds. The van der Waals surface area contributed by atoms with Gasteiger partial charge >= 0.3 is 5.97 Å². The Kier molecular flexibility index (Phi) is 13.0. The highest BCUT2D eigenvalue weighted by Gasteiger charge is 2.58. The fourth-order valence-electron chi connectivity index (χ4n) is 5.66. The summed E-state index contributed by atoms with van der Waals surface area (Å²) >= 11 is 0. The van der Waals surface area contributed by atoms with Gasteiger partial charge in [0.25, 0.3) is 0 Å². The molecule has 3 aliphatic heterocycles. The SMILES string of the molecule is CCOC(=O)CCCC(=O)C[C@@H]1C[C@@]2(CO2)[C@H](O)[C@@H](/C=C/C(C)=C/C[C@@H]2O[C@H](C)[C@H](NC(=O)/C=C\C(C)C)C[C@H]2C)O1. The molecule has 8 atom stereocenters. The largest absolute Gasteiger partial charge is 0.466 e. The molecule has 9 nitrogen and oxygen atoms in total. The highest BCUT2D eigenvalue weighted by atomic mass is 16.6. The molecule has 0 radical (unpaired) electrons. The monoisotopic (exact) mass is 589 g/mol. The Morgan fingerprint density at radius 1 is 1.14 bits per heavy atom. The minimum Gasteiger partial charge on any atom is -0.466 e. The van der Waals surface area contributed by atoms with Crippen LogP contribution in [-0.2, 0) is 33.3 Å². The summed E-state index contributed by atoms with van der Waals surface area (Å²) in [7, 11) is 0. The fraction of sp³-hybridized carbons (Fsp3) is 0.727. The number of aliphatic hydroxyl groups excluding tert-OH is 1. The van der Waals surface area contributed by atoms with Gasteiger partial charge in [-0.2, -0.15) is 0 Å². The van der Waals surface area contributed by atoms with Crippen LogP contribution in [0, 0.1) is 11.8 Å². The number of allylic oxidation sites excluding steroid dienone is 3. The van der Waals surface area contributed by atoms with Gasteiger partial charge in [-0.05, 0) is 57.9 Å². The molecule has 0 unspecified atom stereocenters. The van der Waals surface area contributed by atoms with Gasteiger partial charge in [0, 0.05) is 25.7 Å². The van der Waals surface area contributed by atoms with Crippen molar-refractivity contribution in [3.05, 3.63) is 36.0 Å². The number of epoxide rings is 1. The van der Waals surface area contributed by atoms with Gasteiger partial charge in [0.05, 0.1) is 37.6 Å². The highest BCUT2D eigenvalue weighted by molar-refractivity contribution is 5.87. The quantitative estimate of drug-likeness (QED) is 0.133. The van der Waals surface area contributed by atoms with E-state index in [2.05, 4.69) is 18.3 Å². The molecule has 0 aliphatic carbocycles. The van der Waals surface area contributed by atoms with Crippen LogP contribution >= 0.6 is 0 Å². The lowest BCUT2D eigenvalue weighted by Gasteiger charge is -2.39. The second-order valence-electron chi connectivity index (χ2n) is 12.5. The van der Waals surface area contributed by atoms with E-state index in [1.54, 1.807) is 13.0 Å². The lowest BCUT2D eigenvalue weighted by Crippen LogP contribution is -2.50. The number of nitrogens with one attached hydrogen (secondary N) is 1. The van der Waals surface area contributed by atoms with Gasteiger partial charge in [-0.15, -0.1) is 0 Å². The topological polar surface area (TPSA) is 124 Å². The zero-order chi connectivity index (χ0) is 30.9. The molecule has 0 bridgehead atoms. The second kappa shape index (κ2) is 15.9. The van der Waals surface area contributed by atoms with E-state index in [0.717, 1.165) is 18.4 Å². The lowest BCUT2D eigenvalue weighted by molar-refractivity contribution is -0.144. The second-order valence-corrected chi connectivity index (χ2v) is 12.5. The lowest BCUT2D eigenvalue weighted by atomic mass is 9.86. The van der Waals surface area contributed by atoms with Gasteiger partial charge in [-0.1, -0.05) is 50.6 Å².